The maximum Gasteiger partial charge on any atom is 0.108 e. The van der Waals surface area contributed by atoms with E-state index in [4.69, 9.17) is 9.47 Å². The molecule has 2 aromatic rings. The highest BCUT2D eigenvalue weighted by Crippen LogP contribution is 2.34. The van der Waals surface area contributed by atoms with Crippen LogP contribution < -0.4 is 0 Å². The fourth-order valence-corrected chi connectivity index (χ4v) is 3.14. The first-order valence-electron chi connectivity index (χ1n) is 8.90. The van der Waals surface area contributed by atoms with Gasteiger partial charge in [-0.05, 0) is 56.4 Å². The average Bonchev–Trinajstić information content (AvgIpc) is 2.98. The van der Waals surface area contributed by atoms with E-state index in [-0.39, 0.29) is 0 Å². The number of aromatic nitrogens is 3. The maximum atomic E-state index is 11.5. The quantitative estimate of drug-likeness (QED) is 0.468. The molecule has 0 aliphatic heterocycles. The summed E-state index contributed by atoms with van der Waals surface area (Å²) in [5, 5.41) is 8.32. The molecule has 0 aliphatic carbocycles. The van der Waals surface area contributed by atoms with E-state index in [9.17, 15) is 4.57 Å². The topological polar surface area (TPSA) is 66.2 Å². The van der Waals surface area contributed by atoms with Crippen LogP contribution in [0.4, 0.5) is 0 Å². The monoisotopic (exact) mass is 379 g/mol. The van der Waals surface area contributed by atoms with Crippen molar-refractivity contribution in [2.75, 3.05) is 39.3 Å². The van der Waals surface area contributed by atoms with Crippen molar-refractivity contribution in [2.24, 2.45) is 0 Å². The van der Waals surface area contributed by atoms with Crippen LogP contribution in [0.5, 0.6) is 0 Å². The smallest absolute Gasteiger partial charge is 0.108 e. The molecule has 0 spiro atoms. The number of benzene rings is 1. The minimum Gasteiger partial charge on any atom is -0.379 e. The largest absolute Gasteiger partial charge is 0.379 e. The van der Waals surface area contributed by atoms with Crippen molar-refractivity contribution < 1.29 is 14.0 Å². The molecule has 0 atom stereocenters. The Labute approximate surface area is 156 Å². The Hall–Kier alpha value is -1.49. The van der Waals surface area contributed by atoms with Gasteiger partial charge in [0, 0.05) is 6.16 Å². The average molecular weight is 379 g/mol. The molecule has 26 heavy (non-hydrogen) atoms. The number of nitrogens with zero attached hydrogens (tertiary/aromatic N) is 3. The van der Waals surface area contributed by atoms with E-state index in [2.05, 4.69) is 43.2 Å². The van der Waals surface area contributed by atoms with Gasteiger partial charge in [-0.3, -0.25) is 0 Å². The minimum absolute atomic E-state index is 0.412. The van der Waals surface area contributed by atoms with Gasteiger partial charge in [0.25, 0.3) is 0 Å². The number of rotatable bonds is 10. The summed E-state index contributed by atoms with van der Waals surface area (Å²) in [6, 6.07) is 4.39. The van der Waals surface area contributed by atoms with Crippen LogP contribution in [0.1, 0.15) is 27.9 Å². The Bertz CT molecular complexity index is 744. The van der Waals surface area contributed by atoms with Crippen LogP contribution in [-0.4, -0.2) is 54.3 Å². The summed E-state index contributed by atoms with van der Waals surface area (Å²) >= 11 is 0. The van der Waals surface area contributed by atoms with Crippen molar-refractivity contribution in [2.45, 2.75) is 33.9 Å². The molecule has 0 bridgehead atoms. The van der Waals surface area contributed by atoms with Crippen molar-refractivity contribution in [3.05, 3.63) is 46.3 Å². The molecule has 0 saturated heterocycles. The molecule has 0 saturated carbocycles. The lowest BCUT2D eigenvalue weighted by atomic mass is 10.0. The van der Waals surface area contributed by atoms with Crippen LogP contribution in [0.2, 0.25) is 0 Å². The summed E-state index contributed by atoms with van der Waals surface area (Å²) in [5.74, 6) is 0. The maximum absolute atomic E-state index is 11.5. The molecule has 7 heteroatoms. The predicted octanol–water partition coefficient (Wildman–Crippen LogP) is 3.41. The highest BCUT2D eigenvalue weighted by atomic mass is 31.2. The number of ether oxygens (including phenoxy) is 2. The molecule has 6 nitrogen and oxygen atoms in total. The third-order valence-electron chi connectivity index (χ3n) is 4.31. The van der Waals surface area contributed by atoms with Crippen LogP contribution in [0.3, 0.4) is 0 Å². The zero-order valence-electron chi connectivity index (χ0n) is 16.5. The van der Waals surface area contributed by atoms with Gasteiger partial charge < -0.3 is 14.0 Å². The van der Waals surface area contributed by atoms with Gasteiger partial charge in [-0.1, -0.05) is 17.3 Å². The zero-order chi connectivity index (χ0) is 19.2. The van der Waals surface area contributed by atoms with Gasteiger partial charge in [0.2, 0.25) is 0 Å². The van der Waals surface area contributed by atoms with E-state index in [1.54, 1.807) is 13.3 Å². The second-order valence-electron chi connectivity index (χ2n) is 7.22. The number of aryl methyl sites for hydroxylation is 2. The van der Waals surface area contributed by atoms with E-state index in [1.165, 1.54) is 22.3 Å². The molecule has 0 unspecified atom stereocenters. The summed E-state index contributed by atoms with van der Waals surface area (Å²) in [7, 11) is -1.99. The molecule has 0 N–H and O–H groups in total. The third kappa shape index (κ3) is 7.02. The van der Waals surface area contributed by atoms with Crippen LogP contribution in [0, 0.1) is 20.8 Å². The molecular weight excluding hydrogens is 349 g/mol. The zero-order valence-corrected chi connectivity index (χ0v) is 17.4. The van der Waals surface area contributed by atoms with E-state index >= 15 is 0 Å². The first kappa shape index (κ1) is 20.8. The van der Waals surface area contributed by atoms with Gasteiger partial charge in [-0.2, -0.15) is 0 Å². The number of hydrogen-bond donors (Lipinski definition) is 0. The highest BCUT2D eigenvalue weighted by molar-refractivity contribution is 7.62. The van der Waals surface area contributed by atoms with E-state index in [0.717, 1.165) is 5.69 Å². The van der Waals surface area contributed by atoms with Gasteiger partial charge >= 0.3 is 0 Å². The Morgan fingerprint density at radius 2 is 1.69 bits per heavy atom. The molecule has 144 valence electrons. The first-order chi connectivity index (χ1) is 12.2. The van der Waals surface area contributed by atoms with Gasteiger partial charge in [-0.15, -0.1) is 5.10 Å². The van der Waals surface area contributed by atoms with Crippen molar-refractivity contribution in [1.29, 1.82) is 0 Å². The Balaban J connectivity index is 1.72. The van der Waals surface area contributed by atoms with Crippen molar-refractivity contribution in [3.63, 3.8) is 0 Å². The summed E-state index contributed by atoms with van der Waals surface area (Å²) < 4.78 is 24.4. The molecule has 1 aromatic carbocycles. The van der Waals surface area contributed by atoms with Crippen LogP contribution in [0.15, 0.2) is 18.3 Å². The summed E-state index contributed by atoms with van der Waals surface area (Å²) in [5.41, 5.74) is 5.96. The Morgan fingerprint density at radius 3 is 2.35 bits per heavy atom. The predicted molar refractivity (Wildman–Crippen MR) is 105 cm³/mol. The van der Waals surface area contributed by atoms with Gasteiger partial charge in [0.15, 0.2) is 0 Å². The lowest BCUT2D eigenvalue weighted by molar-refractivity contribution is 0.0446. The van der Waals surface area contributed by atoms with E-state index in [1.807, 2.05) is 10.9 Å². The summed E-state index contributed by atoms with van der Waals surface area (Å²) in [6.07, 6.45) is 2.52. The number of hydrogen-bond acceptors (Lipinski definition) is 5. The molecule has 0 fully saturated rings. The summed E-state index contributed by atoms with van der Waals surface area (Å²) in [4.78, 5) is 0. The third-order valence-corrected chi connectivity index (χ3v) is 5.57. The fraction of sp³-hybridized carbons (Fsp3) is 0.579. The van der Waals surface area contributed by atoms with Crippen molar-refractivity contribution >= 4 is 7.14 Å². The fourth-order valence-electron chi connectivity index (χ4n) is 2.57. The highest BCUT2D eigenvalue weighted by Gasteiger charge is 2.07. The molecule has 2 rings (SSSR count). The second-order valence-corrected chi connectivity index (χ2v) is 10.8. The van der Waals surface area contributed by atoms with Crippen molar-refractivity contribution in [3.8, 4) is 0 Å². The molecule has 0 amide bonds. The molecule has 0 aliphatic rings. The lowest BCUT2D eigenvalue weighted by Crippen LogP contribution is -2.07. The van der Waals surface area contributed by atoms with Crippen LogP contribution in [-0.2, 0) is 27.2 Å². The molecule has 1 aromatic heterocycles. The second kappa shape index (κ2) is 9.45. The van der Waals surface area contributed by atoms with Crippen LogP contribution >= 0.6 is 7.14 Å². The standard InChI is InChI=1S/C19H30N3O3P/c1-15-10-18(11-16(2)17(15)3)12-22-13-19(20-21-22)14-25-7-6-24-8-9-26(4,5)23/h10-11,13H,6-9,12,14H2,1-5H3. The van der Waals surface area contributed by atoms with Gasteiger partial charge in [0.05, 0.1) is 46.3 Å². The molecule has 1 heterocycles. The molecule has 0 radical (unpaired) electrons. The Morgan fingerprint density at radius 1 is 1.04 bits per heavy atom. The van der Waals surface area contributed by atoms with Crippen LogP contribution in [0.25, 0.3) is 0 Å². The summed E-state index contributed by atoms with van der Waals surface area (Å²) in [6.45, 7) is 12.6. The van der Waals surface area contributed by atoms with Gasteiger partial charge in [0.1, 0.15) is 5.69 Å². The normalized spacial score (nSPS) is 11.9. The SMILES string of the molecule is Cc1cc(Cn2cc(COCCOCCP(C)(C)=O)nn2)cc(C)c1C. The van der Waals surface area contributed by atoms with Gasteiger partial charge in [-0.25, -0.2) is 4.68 Å². The van der Waals surface area contributed by atoms with E-state index < -0.39 is 7.14 Å². The first-order valence-corrected chi connectivity index (χ1v) is 11.7. The minimum atomic E-state index is -1.99. The molecular formula is C19H30N3O3P. The lowest BCUT2D eigenvalue weighted by Gasteiger charge is -2.09. The van der Waals surface area contributed by atoms with E-state index in [0.29, 0.717) is 39.1 Å². The Kier molecular flexibility index (Phi) is 7.56. The van der Waals surface area contributed by atoms with Crippen molar-refractivity contribution in [1.82, 2.24) is 15.0 Å².